The number of piperazine rings is 1. The number of benzene rings is 2. The van der Waals surface area contributed by atoms with Crippen LogP contribution in [-0.2, 0) is 16.6 Å². The van der Waals surface area contributed by atoms with Gasteiger partial charge in [0.1, 0.15) is 21.5 Å². The van der Waals surface area contributed by atoms with E-state index in [2.05, 4.69) is 9.88 Å². The van der Waals surface area contributed by atoms with Gasteiger partial charge >= 0.3 is 0 Å². The van der Waals surface area contributed by atoms with Crippen LogP contribution in [0.4, 0.5) is 8.78 Å². The molecule has 0 bridgehead atoms. The van der Waals surface area contributed by atoms with Gasteiger partial charge in [-0.2, -0.15) is 4.31 Å². The van der Waals surface area contributed by atoms with Gasteiger partial charge in [-0.15, -0.1) is 11.3 Å². The van der Waals surface area contributed by atoms with Crippen molar-refractivity contribution in [2.45, 2.75) is 11.4 Å². The van der Waals surface area contributed by atoms with E-state index in [1.807, 2.05) is 29.6 Å². The predicted molar refractivity (Wildman–Crippen MR) is 113 cm³/mol. The molecule has 1 saturated heterocycles. The molecule has 0 radical (unpaired) electrons. The van der Waals surface area contributed by atoms with Gasteiger partial charge in [0.15, 0.2) is 0 Å². The lowest BCUT2D eigenvalue weighted by Crippen LogP contribution is -2.48. The lowest BCUT2D eigenvalue weighted by atomic mass is 10.2. The van der Waals surface area contributed by atoms with E-state index in [1.54, 1.807) is 11.3 Å². The zero-order valence-electron chi connectivity index (χ0n) is 15.8. The Hall–Kier alpha value is -1.91. The van der Waals surface area contributed by atoms with Crippen LogP contribution in [0.2, 0.25) is 5.02 Å². The molecule has 2 aromatic carbocycles. The van der Waals surface area contributed by atoms with E-state index in [1.165, 1.54) is 4.31 Å². The van der Waals surface area contributed by atoms with Crippen LogP contribution in [-0.4, -0.2) is 48.8 Å². The third kappa shape index (κ3) is 4.55. The van der Waals surface area contributed by atoms with Gasteiger partial charge in [0, 0.05) is 48.2 Å². The number of halogens is 3. The van der Waals surface area contributed by atoms with Gasteiger partial charge in [-0.25, -0.2) is 22.2 Å². The van der Waals surface area contributed by atoms with Crippen molar-refractivity contribution in [1.29, 1.82) is 0 Å². The van der Waals surface area contributed by atoms with Crippen molar-refractivity contribution < 1.29 is 17.2 Å². The molecule has 1 aromatic heterocycles. The fraction of sp³-hybridized carbons (Fsp3) is 0.250. The van der Waals surface area contributed by atoms with Gasteiger partial charge in [0.25, 0.3) is 0 Å². The van der Waals surface area contributed by atoms with Crippen molar-refractivity contribution in [3.63, 3.8) is 0 Å². The summed E-state index contributed by atoms with van der Waals surface area (Å²) in [5, 5.41) is 3.58. The number of thiazole rings is 1. The van der Waals surface area contributed by atoms with Gasteiger partial charge in [0.2, 0.25) is 10.0 Å². The number of rotatable bonds is 5. The lowest BCUT2D eigenvalue weighted by molar-refractivity contribution is 0.181. The maximum absolute atomic E-state index is 14.0. The molecule has 4 rings (SSSR count). The first kappa shape index (κ1) is 21.3. The molecular formula is C20H18ClF2N3O2S2. The smallest absolute Gasteiger partial charge is 0.246 e. The highest BCUT2D eigenvalue weighted by Crippen LogP contribution is 2.25. The normalized spacial score (nSPS) is 16.1. The molecule has 0 spiro atoms. The first-order valence-electron chi connectivity index (χ1n) is 9.21. The molecule has 1 aliphatic rings. The molecule has 1 aliphatic heterocycles. The number of hydrogen-bond donors (Lipinski definition) is 0. The quantitative estimate of drug-likeness (QED) is 0.560. The van der Waals surface area contributed by atoms with Crippen molar-refractivity contribution in [1.82, 2.24) is 14.2 Å². The summed E-state index contributed by atoms with van der Waals surface area (Å²) in [5.74, 6) is -1.88. The highest BCUT2D eigenvalue weighted by molar-refractivity contribution is 7.89. The molecule has 10 heteroatoms. The van der Waals surface area contributed by atoms with E-state index >= 15 is 0 Å². The standard InChI is InChI=1S/C20H18ClF2N3O2S2/c21-15-3-1-14(2-4-15)18-13-29-20(24-18)12-25-7-9-26(10-8-25)30(27,28)19-6-5-16(22)11-17(19)23/h1-6,11,13H,7-10,12H2. The average molecular weight is 470 g/mol. The van der Waals surface area contributed by atoms with Crippen LogP contribution in [0.3, 0.4) is 0 Å². The monoisotopic (exact) mass is 469 g/mol. The number of nitrogens with zero attached hydrogens (tertiary/aromatic N) is 3. The minimum Gasteiger partial charge on any atom is -0.294 e. The van der Waals surface area contributed by atoms with Gasteiger partial charge in [-0.05, 0) is 24.3 Å². The van der Waals surface area contributed by atoms with Crippen LogP contribution >= 0.6 is 22.9 Å². The molecule has 30 heavy (non-hydrogen) atoms. The summed E-state index contributed by atoms with van der Waals surface area (Å²) in [6.45, 7) is 2.07. The first-order chi connectivity index (χ1) is 14.3. The highest BCUT2D eigenvalue weighted by Gasteiger charge is 2.31. The van der Waals surface area contributed by atoms with Crippen LogP contribution in [0.5, 0.6) is 0 Å². The molecule has 158 valence electrons. The fourth-order valence-electron chi connectivity index (χ4n) is 3.28. The van der Waals surface area contributed by atoms with E-state index in [-0.39, 0.29) is 13.1 Å². The topological polar surface area (TPSA) is 53.5 Å². The third-order valence-corrected chi connectivity index (χ3v) is 7.91. The molecule has 0 amide bonds. The van der Waals surface area contributed by atoms with E-state index in [9.17, 15) is 17.2 Å². The second kappa shape index (κ2) is 8.68. The zero-order chi connectivity index (χ0) is 21.3. The van der Waals surface area contributed by atoms with Crippen molar-refractivity contribution >= 4 is 33.0 Å². The van der Waals surface area contributed by atoms with Crippen molar-refractivity contribution in [2.75, 3.05) is 26.2 Å². The second-order valence-electron chi connectivity index (χ2n) is 6.89. The van der Waals surface area contributed by atoms with Crippen LogP contribution < -0.4 is 0 Å². The molecule has 5 nitrogen and oxygen atoms in total. The highest BCUT2D eigenvalue weighted by atomic mass is 35.5. The lowest BCUT2D eigenvalue weighted by Gasteiger charge is -2.33. The van der Waals surface area contributed by atoms with E-state index in [0.29, 0.717) is 30.7 Å². The van der Waals surface area contributed by atoms with Crippen LogP contribution in [0, 0.1) is 11.6 Å². The maximum atomic E-state index is 14.0. The van der Waals surface area contributed by atoms with Gasteiger partial charge in [-0.3, -0.25) is 4.90 Å². The minimum atomic E-state index is -4.00. The number of aromatic nitrogens is 1. The molecule has 3 aromatic rings. The summed E-state index contributed by atoms with van der Waals surface area (Å²) in [7, 11) is -4.00. The Labute approximate surface area is 182 Å². The molecule has 0 N–H and O–H groups in total. The Morgan fingerprint density at radius 1 is 1.03 bits per heavy atom. The molecule has 0 aliphatic carbocycles. The summed E-state index contributed by atoms with van der Waals surface area (Å²) in [6.07, 6.45) is 0. The number of sulfonamides is 1. The number of hydrogen-bond acceptors (Lipinski definition) is 5. The Bertz CT molecular complexity index is 1150. The average Bonchev–Trinajstić information content (AvgIpc) is 3.17. The van der Waals surface area contributed by atoms with Gasteiger partial charge < -0.3 is 0 Å². The van der Waals surface area contributed by atoms with Crippen LogP contribution in [0.15, 0.2) is 52.7 Å². The van der Waals surface area contributed by atoms with Gasteiger partial charge in [0.05, 0.1) is 12.2 Å². The summed E-state index contributed by atoms with van der Waals surface area (Å²) in [6, 6.07) is 9.98. The van der Waals surface area contributed by atoms with Crippen molar-refractivity contribution in [3.05, 3.63) is 69.5 Å². The zero-order valence-corrected chi connectivity index (χ0v) is 18.2. The Kier molecular flexibility index (Phi) is 6.17. The summed E-state index contributed by atoms with van der Waals surface area (Å²) in [5.41, 5.74) is 1.86. The largest absolute Gasteiger partial charge is 0.294 e. The second-order valence-corrected chi connectivity index (χ2v) is 10.2. The Morgan fingerprint density at radius 2 is 1.73 bits per heavy atom. The Morgan fingerprint density at radius 3 is 2.40 bits per heavy atom. The van der Waals surface area contributed by atoms with Gasteiger partial charge in [-0.1, -0.05) is 23.7 Å². The molecular weight excluding hydrogens is 452 g/mol. The predicted octanol–water partition coefficient (Wildman–Crippen LogP) is 4.25. The third-order valence-electron chi connectivity index (χ3n) is 4.89. The van der Waals surface area contributed by atoms with Crippen molar-refractivity contribution in [3.8, 4) is 11.3 Å². The van der Waals surface area contributed by atoms with E-state index in [4.69, 9.17) is 11.6 Å². The molecule has 0 saturated carbocycles. The van der Waals surface area contributed by atoms with Crippen LogP contribution in [0.1, 0.15) is 5.01 Å². The summed E-state index contributed by atoms with van der Waals surface area (Å²) < 4.78 is 53.7. The molecule has 1 fully saturated rings. The van der Waals surface area contributed by atoms with Crippen molar-refractivity contribution in [2.24, 2.45) is 0 Å². The minimum absolute atomic E-state index is 0.231. The molecule has 0 unspecified atom stereocenters. The fourth-order valence-corrected chi connectivity index (χ4v) is 5.72. The van der Waals surface area contributed by atoms with E-state index < -0.39 is 26.6 Å². The maximum Gasteiger partial charge on any atom is 0.246 e. The first-order valence-corrected chi connectivity index (χ1v) is 11.9. The summed E-state index contributed by atoms with van der Waals surface area (Å²) >= 11 is 7.47. The van der Waals surface area contributed by atoms with Crippen LogP contribution in [0.25, 0.3) is 11.3 Å². The molecule has 2 heterocycles. The van der Waals surface area contributed by atoms with E-state index in [0.717, 1.165) is 28.4 Å². The SMILES string of the molecule is O=S(=O)(c1ccc(F)cc1F)N1CCN(Cc2nc(-c3ccc(Cl)cc3)cs2)CC1. The molecule has 0 atom stereocenters. The summed E-state index contributed by atoms with van der Waals surface area (Å²) in [4.78, 5) is 6.27. The Balaban J connectivity index is 1.38.